The molecule has 3 rings (SSSR count). The van der Waals surface area contributed by atoms with Crippen LogP contribution in [0.2, 0.25) is 0 Å². The van der Waals surface area contributed by atoms with Crippen molar-refractivity contribution < 1.29 is 4.79 Å². The molecule has 1 amide bonds. The number of nitrogens with one attached hydrogen (secondary N) is 2. The molecule has 7 heteroatoms. The van der Waals surface area contributed by atoms with Crippen molar-refractivity contribution in [1.82, 2.24) is 9.97 Å². The topological polar surface area (TPSA) is 101 Å². The first-order valence-electron chi connectivity index (χ1n) is 6.23. The van der Waals surface area contributed by atoms with Crippen LogP contribution in [0.15, 0.2) is 40.5 Å². The summed E-state index contributed by atoms with van der Waals surface area (Å²) in [4.78, 5) is 29.9. The molecule has 0 radical (unpaired) electrons. The Kier molecular flexibility index (Phi) is 3.41. The van der Waals surface area contributed by atoms with Crippen molar-refractivity contribution in [2.24, 2.45) is 5.73 Å². The van der Waals surface area contributed by atoms with Gasteiger partial charge in [-0.1, -0.05) is 0 Å². The molecule has 0 atom stereocenters. The number of amides is 1. The number of hydrogen-bond acceptors (Lipinski definition) is 5. The van der Waals surface area contributed by atoms with E-state index in [0.29, 0.717) is 28.1 Å². The highest BCUT2D eigenvalue weighted by molar-refractivity contribution is 7.17. The van der Waals surface area contributed by atoms with E-state index in [0.717, 1.165) is 5.69 Å². The third-order valence-corrected chi connectivity index (χ3v) is 3.90. The van der Waals surface area contributed by atoms with E-state index >= 15 is 0 Å². The smallest absolute Gasteiger partial charge is 0.268 e. The van der Waals surface area contributed by atoms with Gasteiger partial charge in [-0.25, -0.2) is 4.98 Å². The summed E-state index contributed by atoms with van der Waals surface area (Å²) in [5.74, 6) is 0.0975. The quantitative estimate of drug-likeness (QED) is 0.682. The number of primary amides is 1. The van der Waals surface area contributed by atoms with Gasteiger partial charge >= 0.3 is 0 Å². The van der Waals surface area contributed by atoms with Crippen LogP contribution in [0, 0.1) is 0 Å². The van der Waals surface area contributed by atoms with Gasteiger partial charge in [-0.15, -0.1) is 11.3 Å². The fraction of sp³-hybridized carbons (Fsp3) is 0.0714. The van der Waals surface area contributed by atoms with E-state index in [1.54, 1.807) is 24.3 Å². The normalized spacial score (nSPS) is 10.7. The van der Waals surface area contributed by atoms with Gasteiger partial charge in [-0.3, -0.25) is 9.59 Å². The lowest BCUT2D eigenvalue weighted by Gasteiger charge is -2.06. The minimum atomic E-state index is -0.463. The Morgan fingerprint density at radius 3 is 2.76 bits per heavy atom. The number of fused-ring (bicyclic) bond motifs is 1. The number of carbonyl (C=O) groups excluding carboxylic acids is 1. The first-order valence-corrected chi connectivity index (χ1v) is 7.11. The number of anilines is 1. The highest BCUT2D eigenvalue weighted by Crippen LogP contribution is 2.14. The minimum Gasteiger partial charge on any atom is -0.378 e. The lowest BCUT2D eigenvalue weighted by atomic mass is 10.2. The van der Waals surface area contributed by atoms with Crippen molar-refractivity contribution in [3.8, 4) is 0 Å². The molecule has 1 aromatic carbocycles. The maximum absolute atomic E-state index is 11.8. The van der Waals surface area contributed by atoms with Gasteiger partial charge in [0.15, 0.2) is 0 Å². The first kappa shape index (κ1) is 13.3. The summed E-state index contributed by atoms with van der Waals surface area (Å²) < 4.78 is 0.629. The van der Waals surface area contributed by atoms with Gasteiger partial charge < -0.3 is 16.0 Å². The van der Waals surface area contributed by atoms with Crippen LogP contribution >= 0.6 is 11.3 Å². The largest absolute Gasteiger partial charge is 0.378 e. The molecule has 2 heterocycles. The van der Waals surface area contributed by atoms with E-state index in [2.05, 4.69) is 15.3 Å². The SMILES string of the molecule is NC(=O)c1ccc(NCc2nc3ccsc3c(=O)[nH]2)cc1. The Bertz CT molecular complexity index is 851. The third kappa shape index (κ3) is 2.77. The maximum atomic E-state index is 11.8. The molecule has 0 aliphatic carbocycles. The predicted octanol–water partition coefficient (Wildman–Crippen LogP) is 1.70. The minimum absolute atomic E-state index is 0.129. The molecule has 106 valence electrons. The van der Waals surface area contributed by atoms with Crippen LogP contribution in [0.25, 0.3) is 10.2 Å². The molecule has 3 aromatic rings. The fourth-order valence-electron chi connectivity index (χ4n) is 1.94. The number of rotatable bonds is 4. The Labute approximate surface area is 123 Å². The average Bonchev–Trinajstić information content (AvgIpc) is 2.94. The number of benzene rings is 1. The number of aromatic nitrogens is 2. The van der Waals surface area contributed by atoms with Crippen LogP contribution in [0.5, 0.6) is 0 Å². The number of aromatic amines is 1. The zero-order valence-corrected chi connectivity index (χ0v) is 11.7. The summed E-state index contributed by atoms with van der Waals surface area (Å²) >= 11 is 1.37. The van der Waals surface area contributed by atoms with Crippen molar-refractivity contribution in [3.05, 3.63) is 57.5 Å². The van der Waals surface area contributed by atoms with Crippen molar-refractivity contribution in [2.75, 3.05) is 5.32 Å². The standard InChI is InChI=1S/C14H12N4O2S/c15-13(19)8-1-3-9(4-2-8)16-7-11-17-10-5-6-21-12(10)14(20)18-11/h1-6,16H,7H2,(H2,15,19)(H,17,18,20). The van der Waals surface area contributed by atoms with Crippen LogP contribution in [0.1, 0.15) is 16.2 Å². The highest BCUT2D eigenvalue weighted by Gasteiger charge is 2.05. The zero-order valence-electron chi connectivity index (χ0n) is 10.9. The van der Waals surface area contributed by atoms with Crippen LogP contribution in [0.3, 0.4) is 0 Å². The van der Waals surface area contributed by atoms with E-state index in [1.807, 2.05) is 11.4 Å². The summed E-state index contributed by atoms with van der Waals surface area (Å²) in [6.45, 7) is 0.386. The molecule has 0 aliphatic heterocycles. The fourth-order valence-corrected chi connectivity index (χ4v) is 2.67. The molecule has 4 N–H and O–H groups in total. The van der Waals surface area contributed by atoms with E-state index < -0.39 is 5.91 Å². The summed E-state index contributed by atoms with van der Waals surface area (Å²) in [5.41, 5.74) is 7.01. The number of hydrogen-bond donors (Lipinski definition) is 3. The van der Waals surface area contributed by atoms with Crippen LogP contribution in [-0.4, -0.2) is 15.9 Å². The Morgan fingerprint density at radius 2 is 2.05 bits per heavy atom. The molecule has 2 aromatic heterocycles. The zero-order chi connectivity index (χ0) is 14.8. The summed E-state index contributed by atoms with van der Waals surface area (Å²) in [6, 6.07) is 8.61. The number of nitrogens with two attached hydrogens (primary N) is 1. The van der Waals surface area contributed by atoms with E-state index in [4.69, 9.17) is 5.73 Å². The third-order valence-electron chi connectivity index (χ3n) is 2.99. The van der Waals surface area contributed by atoms with E-state index in [9.17, 15) is 9.59 Å². The van der Waals surface area contributed by atoms with Gasteiger partial charge in [0, 0.05) is 11.3 Å². The van der Waals surface area contributed by atoms with E-state index in [1.165, 1.54) is 11.3 Å². The van der Waals surface area contributed by atoms with Crippen molar-refractivity contribution in [1.29, 1.82) is 0 Å². The summed E-state index contributed by atoms with van der Waals surface area (Å²) in [5, 5.41) is 4.97. The lowest BCUT2D eigenvalue weighted by Crippen LogP contribution is -2.13. The molecule has 0 aliphatic rings. The molecule has 0 fully saturated rings. The molecule has 0 bridgehead atoms. The molecule has 0 saturated carbocycles. The molecular formula is C14H12N4O2S. The van der Waals surface area contributed by atoms with Gasteiger partial charge in [0.25, 0.3) is 5.56 Å². The monoisotopic (exact) mass is 300 g/mol. The number of thiophene rings is 1. The van der Waals surface area contributed by atoms with Gasteiger partial charge in [-0.2, -0.15) is 0 Å². The highest BCUT2D eigenvalue weighted by atomic mass is 32.1. The molecule has 6 nitrogen and oxygen atoms in total. The lowest BCUT2D eigenvalue weighted by molar-refractivity contribution is 0.100. The molecule has 0 spiro atoms. The first-order chi connectivity index (χ1) is 10.1. The molecular weight excluding hydrogens is 288 g/mol. The average molecular weight is 300 g/mol. The van der Waals surface area contributed by atoms with E-state index in [-0.39, 0.29) is 5.56 Å². The Hall–Kier alpha value is -2.67. The second-order valence-electron chi connectivity index (χ2n) is 4.44. The Morgan fingerprint density at radius 1 is 1.29 bits per heavy atom. The second-order valence-corrected chi connectivity index (χ2v) is 5.36. The maximum Gasteiger partial charge on any atom is 0.268 e. The molecule has 21 heavy (non-hydrogen) atoms. The van der Waals surface area contributed by atoms with Crippen LogP contribution in [-0.2, 0) is 6.54 Å². The molecule has 0 unspecified atom stereocenters. The second kappa shape index (κ2) is 5.37. The number of carbonyl (C=O) groups is 1. The Balaban J connectivity index is 1.76. The van der Waals surface area contributed by atoms with Crippen LogP contribution in [0.4, 0.5) is 5.69 Å². The van der Waals surface area contributed by atoms with Gasteiger partial charge in [0.05, 0.1) is 12.1 Å². The van der Waals surface area contributed by atoms with Crippen molar-refractivity contribution in [3.63, 3.8) is 0 Å². The molecule has 0 saturated heterocycles. The van der Waals surface area contributed by atoms with Crippen molar-refractivity contribution >= 4 is 33.1 Å². The predicted molar refractivity (Wildman–Crippen MR) is 82.5 cm³/mol. The van der Waals surface area contributed by atoms with Crippen molar-refractivity contribution in [2.45, 2.75) is 6.54 Å². The van der Waals surface area contributed by atoms with Crippen LogP contribution < -0.4 is 16.6 Å². The van der Waals surface area contributed by atoms with Gasteiger partial charge in [-0.05, 0) is 35.7 Å². The van der Waals surface area contributed by atoms with Gasteiger partial charge in [0.2, 0.25) is 5.91 Å². The number of H-pyrrole nitrogens is 1. The number of nitrogens with zero attached hydrogens (tertiary/aromatic N) is 1. The van der Waals surface area contributed by atoms with Gasteiger partial charge in [0.1, 0.15) is 10.5 Å². The summed E-state index contributed by atoms with van der Waals surface area (Å²) in [7, 11) is 0. The summed E-state index contributed by atoms with van der Waals surface area (Å²) in [6.07, 6.45) is 0.